The first-order chi connectivity index (χ1) is 16.8. The Morgan fingerprint density at radius 2 is 2.09 bits per heavy atom. The van der Waals surface area contributed by atoms with Crippen molar-refractivity contribution in [3.63, 3.8) is 0 Å². The van der Waals surface area contributed by atoms with Gasteiger partial charge >= 0.3 is 10.2 Å². The van der Waals surface area contributed by atoms with E-state index in [1.807, 2.05) is 6.07 Å². The number of ether oxygens (including phenoxy) is 2. The number of hydrogen-bond donors (Lipinski definition) is 1. The van der Waals surface area contributed by atoms with E-state index in [0.717, 1.165) is 28.4 Å². The van der Waals surface area contributed by atoms with Gasteiger partial charge in [-0.05, 0) is 31.0 Å². The summed E-state index contributed by atoms with van der Waals surface area (Å²) in [5.74, 6) is -0.208. The molecule has 0 aliphatic carbocycles. The summed E-state index contributed by atoms with van der Waals surface area (Å²) in [7, 11) is -2.58. The Labute approximate surface area is 202 Å². The number of amides is 1. The predicted molar refractivity (Wildman–Crippen MR) is 127 cm³/mol. The quantitative estimate of drug-likeness (QED) is 0.551. The monoisotopic (exact) mass is 503 g/mol. The molecule has 5 rings (SSSR count). The molecule has 1 aromatic carbocycles. The minimum Gasteiger partial charge on any atom is -0.486 e. The molecule has 10 nitrogen and oxygen atoms in total. The SMILES string of the molecule is CCN(C)S(=O)(=O)NC(=O)c1cnc2ccc(N3CCCC3c3cc(F)cc4c3OCCO4)cn12. The Kier molecular flexibility index (Phi) is 6.01. The fraction of sp³-hybridized carbons (Fsp3) is 0.391. The van der Waals surface area contributed by atoms with Gasteiger partial charge in [-0.15, -0.1) is 0 Å². The number of imidazole rings is 1. The zero-order valence-electron chi connectivity index (χ0n) is 19.4. The first kappa shape index (κ1) is 23.4. The van der Waals surface area contributed by atoms with Gasteiger partial charge in [-0.3, -0.25) is 9.20 Å². The summed E-state index contributed by atoms with van der Waals surface area (Å²) in [5, 5.41) is 0. The minimum absolute atomic E-state index is 0.0885. The number of nitrogens with zero attached hydrogens (tertiary/aromatic N) is 4. The lowest BCUT2D eigenvalue weighted by molar-refractivity contribution is 0.0974. The van der Waals surface area contributed by atoms with E-state index in [9.17, 15) is 17.6 Å². The van der Waals surface area contributed by atoms with Crippen LogP contribution >= 0.6 is 0 Å². The van der Waals surface area contributed by atoms with Gasteiger partial charge in [-0.2, -0.15) is 12.7 Å². The van der Waals surface area contributed by atoms with E-state index >= 15 is 0 Å². The lowest BCUT2D eigenvalue weighted by Gasteiger charge is -2.30. The number of anilines is 1. The van der Waals surface area contributed by atoms with Crippen molar-refractivity contribution < 1.29 is 27.1 Å². The third kappa shape index (κ3) is 4.27. The highest BCUT2D eigenvalue weighted by molar-refractivity contribution is 7.87. The zero-order valence-corrected chi connectivity index (χ0v) is 20.2. The van der Waals surface area contributed by atoms with Gasteiger partial charge in [0.05, 0.1) is 17.9 Å². The third-order valence-electron chi connectivity index (χ3n) is 6.38. The fourth-order valence-electron chi connectivity index (χ4n) is 4.52. The number of rotatable bonds is 6. The molecule has 1 unspecified atom stereocenters. The molecular formula is C23H26FN5O5S. The molecule has 1 amide bonds. The Hall–Kier alpha value is -3.38. The molecule has 4 heterocycles. The second-order valence-corrected chi connectivity index (χ2v) is 10.3. The molecule has 1 N–H and O–H groups in total. The van der Waals surface area contributed by atoms with Crippen LogP contribution in [0.1, 0.15) is 41.9 Å². The summed E-state index contributed by atoms with van der Waals surface area (Å²) < 4.78 is 55.2. The number of halogens is 1. The molecule has 0 spiro atoms. The maximum Gasteiger partial charge on any atom is 0.303 e. The smallest absolute Gasteiger partial charge is 0.303 e. The number of aromatic nitrogens is 2. The predicted octanol–water partition coefficient (Wildman–Crippen LogP) is 2.51. The van der Waals surface area contributed by atoms with E-state index in [0.29, 0.717) is 36.9 Å². The van der Waals surface area contributed by atoms with Gasteiger partial charge in [0.1, 0.15) is 30.4 Å². The van der Waals surface area contributed by atoms with Gasteiger partial charge in [0.25, 0.3) is 5.91 Å². The zero-order chi connectivity index (χ0) is 24.7. The number of hydrogen-bond acceptors (Lipinski definition) is 7. The highest BCUT2D eigenvalue weighted by Crippen LogP contribution is 2.45. The molecule has 0 bridgehead atoms. The molecule has 1 fully saturated rings. The summed E-state index contributed by atoms with van der Waals surface area (Å²) in [6, 6.07) is 6.31. The van der Waals surface area contributed by atoms with Crippen molar-refractivity contribution >= 4 is 27.5 Å². The lowest BCUT2D eigenvalue weighted by atomic mass is 10.0. The highest BCUT2D eigenvalue weighted by Gasteiger charge is 2.32. The third-order valence-corrected chi connectivity index (χ3v) is 7.90. The van der Waals surface area contributed by atoms with E-state index in [1.165, 1.54) is 25.4 Å². The Bertz CT molecular complexity index is 1390. The van der Waals surface area contributed by atoms with Gasteiger partial charge in [-0.1, -0.05) is 6.92 Å². The molecule has 3 aromatic rings. The van der Waals surface area contributed by atoms with Crippen LogP contribution in [0.15, 0.2) is 36.7 Å². The standard InChI is InChI=1S/C23H26FN5O5S/c1-3-27(2)35(31,32)26-23(30)19-13-25-21-7-6-16(14-29(19)21)28-8-4-5-18(28)17-11-15(24)12-20-22(17)34-10-9-33-20/h6-7,11-14,18H,3-5,8-10H2,1-2H3,(H,26,30). The number of carbonyl (C=O) groups is 1. The van der Waals surface area contributed by atoms with Crippen molar-refractivity contribution in [3.8, 4) is 11.5 Å². The molecule has 0 saturated carbocycles. The molecule has 2 aromatic heterocycles. The molecule has 1 saturated heterocycles. The number of benzene rings is 1. The largest absolute Gasteiger partial charge is 0.486 e. The van der Waals surface area contributed by atoms with Gasteiger partial charge in [0.2, 0.25) is 0 Å². The molecule has 2 aliphatic rings. The Balaban J connectivity index is 1.49. The molecule has 12 heteroatoms. The van der Waals surface area contributed by atoms with Crippen LogP contribution in [0.25, 0.3) is 5.65 Å². The summed E-state index contributed by atoms with van der Waals surface area (Å²) in [4.78, 5) is 19.2. The van der Waals surface area contributed by atoms with Crippen LogP contribution in [0.4, 0.5) is 10.1 Å². The van der Waals surface area contributed by atoms with Gasteiger partial charge in [-0.25, -0.2) is 14.1 Å². The van der Waals surface area contributed by atoms with Crippen molar-refractivity contribution in [1.82, 2.24) is 18.4 Å². The first-order valence-electron chi connectivity index (χ1n) is 11.4. The summed E-state index contributed by atoms with van der Waals surface area (Å²) in [6.07, 6.45) is 4.75. The van der Waals surface area contributed by atoms with Crippen LogP contribution in [0.2, 0.25) is 0 Å². The fourth-order valence-corrected chi connectivity index (χ4v) is 5.35. The van der Waals surface area contributed by atoms with Crippen molar-refractivity contribution in [1.29, 1.82) is 0 Å². The van der Waals surface area contributed by atoms with Gasteiger partial charge in [0.15, 0.2) is 11.5 Å². The number of fused-ring (bicyclic) bond motifs is 2. The number of pyridine rings is 1. The normalized spacial score (nSPS) is 17.8. The van der Waals surface area contributed by atoms with Crippen LogP contribution in [0.5, 0.6) is 11.5 Å². The molecule has 1 atom stereocenters. The second-order valence-electron chi connectivity index (χ2n) is 8.48. The molecule has 0 radical (unpaired) electrons. The summed E-state index contributed by atoms with van der Waals surface area (Å²) in [5.41, 5.74) is 2.09. The number of nitrogens with one attached hydrogen (secondary N) is 1. The van der Waals surface area contributed by atoms with Crippen molar-refractivity contribution in [2.45, 2.75) is 25.8 Å². The molecule has 2 aliphatic heterocycles. The second kappa shape index (κ2) is 9.00. The summed E-state index contributed by atoms with van der Waals surface area (Å²) in [6.45, 7) is 3.37. The molecular weight excluding hydrogens is 477 g/mol. The first-order valence-corrected chi connectivity index (χ1v) is 12.8. The van der Waals surface area contributed by atoms with Crippen LogP contribution < -0.4 is 19.1 Å². The molecule has 186 valence electrons. The summed E-state index contributed by atoms with van der Waals surface area (Å²) >= 11 is 0. The van der Waals surface area contributed by atoms with Gasteiger partial charge in [0, 0.05) is 38.0 Å². The maximum atomic E-state index is 14.4. The van der Waals surface area contributed by atoms with E-state index < -0.39 is 21.9 Å². The van der Waals surface area contributed by atoms with Crippen LogP contribution in [0, 0.1) is 5.82 Å². The van der Waals surface area contributed by atoms with Gasteiger partial charge < -0.3 is 14.4 Å². The minimum atomic E-state index is -3.97. The van der Waals surface area contributed by atoms with E-state index in [-0.39, 0.29) is 18.3 Å². The van der Waals surface area contributed by atoms with Crippen molar-refractivity contribution in [2.24, 2.45) is 0 Å². The van der Waals surface area contributed by atoms with Crippen molar-refractivity contribution in [2.75, 3.05) is 38.3 Å². The van der Waals surface area contributed by atoms with E-state index in [2.05, 4.69) is 14.6 Å². The lowest BCUT2D eigenvalue weighted by Crippen LogP contribution is -2.41. The van der Waals surface area contributed by atoms with Crippen LogP contribution in [-0.4, -0.2) is 61.4 Å². The number of carbonyl (C=O) groups excluding carboxylic acids is 1. The maximum absolute atomic E-state index is 14.4. The Morgan fingerprint density at radius 3 is 2.89 bits per heavy atom. The Morgan fingerprint density at radius 1 is 1.29 bits per heavy atom. The van der Waals surface area contributed by atoms with E-state index in [1.54, 1.807) is 23.6 Å². The van der Waals surface area contributed by atoms with E-state index in [4.69, 9.17) is 9.47 Å². The van der Waals surface area contributed by atoms with Crippen LogP contribution in [0.3, 0.4) is 0 Å². The average Bonchev–Trinajstić information content (AvgIpc) is 3.49. The molecule has 35 heavy (non-hydrogen) atoms. The highest BCUT2D eigenvalue weighted by atomic mass is 32.2. The average molecular weight is 504 g/mol. The van der Waals surface area contributed by atoms with Crippen LogP contribution in [-0.2, 0) is 10.2 Å². The topological polar surface area (TPSA) is 105 Å². The van der Waals surface area contributed by atoms with Crippen molar-refractivity contribution in [3.05, 3.63) is 53.7 Å².